The number of aromatic nitrogens is 2. The highest BCUT2D eigenvalue weighted by Crippen LogP contribution is 2.32. The Kier molecular flexibility index (Phi) is 5.22. The molecule has 7 heteroatoms. The smallest absolute Gasteiger partial charge is 0.148 e. The fourth-order valence-electron chi connectivity index (χ4n) is 2.00. The van der Waals surface area contributed by atoms with Crippen LogP contribution in [0.5, 0.6) is 0 Å². The topological polar surface area (TPSA) is 75.9 Å². The summed E-state index contributed by atoms with van der Waals surface area (Å²) in [5, 5.41) is 4.43. The molecule has 1 aromatic carbocycles. The van der Waals surface area contributed by atoms with Gasteiger partial charge in [-0.05, 0) is 31.0 Å². The Morgan fingerprint density at radius 2 is 1.86 bits per heavy atom. The van der Waals surface area contributed by atoms with Gasteiger partial charge in [-0.25, -0.2) is 15.8 Å². The van der Waals surface area contributed by atoms with E-state index in [1.54, 1.807) is 6.07 Å². The summed E-state index contributed by atoms with van der Waals surface area (Å²) in [5.41, 5.74) is 5.13. The number of benzene rings is 1. The van der Waals surface area contributed by atoms with E-state index in [2.05, 4.69) is 27.6 Å². The molecule has 2 aromatic rings. The second kappa shape index (κ2) is 6.93. The number of nitrogens with one attached hydrogen (secondary N) is 2. The predicted molar refractivity (Wildman–Crippen MR) is 88.3 cm³/mol. The first-order valence-electron chi connectivity index (χ1n) is 6.60. The van der Waals surface area contributed by atoms with Crippen molar-refractivity contribution < 1.29 is 0 Å². The van der Waals surface area contributed by atoms with E-state index in [-0.39, 0.29) is 0 Å². The number of anilines is 3. The van der Waals surface area contributed by atoms with Crippen LogP contribution in [0.2, 0.25) is 10.0 Å². The Morgan fingerprint density at radius 1 is 1.14 bits per heavy atom. The SMILES string of the molecule is CCCc1c(NN)ncnc1Nc1cc(Cl)c(C)cc1Cl. The monoisotopic (exact) mass is 325 g/mol. The molecule has 0 amide bonds. The lowest BCUT2D eigenvalue weighted by molar-refractivity contribution is 0.903. The fourth-order valence-corrected chi connectivity index (χ4v) is 2.43. The Balaban J connectivity index is 2.42. The molecule has 0 aliphatic rings. The largest absolute Gasteiger partial charge is 0.339 e. The van der Waals surface area contributed by atoms with Crippen LogP contribution in [0.3, 0.4) is 0 Å². The molecule has 112 valence electrons. The van der Waals surface area contributed by atoms with Gasteiger partial charge in [0, 0.05) is 10.6 Å². The van der Waals surface area contributed by atoms with Crippen LogP contribution in [-0.2, 0) is 6.42 Å². The fraction of sp³-hybridized carbons (Fsp3) is 0.286. The quantitative estimate of drug-likeness (QED) is 0.570. The molecule has 0 radical (unpaired) electrons. The molecule has 0 spiro atoms. The van der Waals surface area contributed by atoms with Crippen molar-refractivity contribution in [3.63, 3.8) is 0 Å². The molecule has 4 N–H and O–H groups in total. The summed E-state index contributed by atoms with van der Waals surface area (Å²) < 4.78 is 0. The maximum atomic E-state index is 6.25. The normalized spacial score (nSPS) is 10.5. The van der Waals surface area contributed by atoms with Crippen LogP contribution in [0, 0.1) is 6.92 Å². The van der Waals surface area contributed by atoms with Crippen molar-refractivity contribution in [1.82, 2.24) is 9.97 Å². The van der Waals surface area contributed by atoms with Crippen molar-refractivity contribution in [1.29, 1.82) is 0 Å². The van der Waals surface area contributed by atoms with E-state index in [1.165, 1.54) is 6.33 Å². The average molecular weight is 326 g/mol. The Morgan fingerprint density at radius 3 is 2.52 bits per heavy atom. The number of aryl methyl sites for hydroxylation is 1. The van der Waals surface area contributed by atoms with E-state index in [4.69, 9.17) is 29.0 Å². The van der Waals surface area contributed by atoms with Crippen LogP contribution in [-0.4, -0.2) is 9.97 Å². The van der Waals surface area contributed by atoms with E-state index in [0.29, 0.717) is 27.4 Å². The van der Waals surface area contributed by atoms with Crippen molar-refractivity contribution in [3.8, 4) is 0 Å². The molecular formula is C14H17Cl2N5. The number of nitrogens with two attached hydrogens (primary N) is 1. The summed E-state index contributed by atoms with van der Waals surface area (Å²) in [7, 11) is 0. The van der Waals surface area contributed by atoms with Gasteiger partial charge in [-0.1, -0.05) is 36.5 Å². The Bertz CT molecular complexity index is 646. The summed E-state index contributed by atoms with van der Waals surface area (Å²) in [5.74, 6) is 6.77. The predicted octanol–water partition coefficient (Wildman–Crippen LogP) is 4.07. The van der Waals surface area contributed by atoms with Crippen LogP contribution < -0.4 is 16.6 Å². The highest BCUT2D eigenvalue weighted by Gasteiger charge is 2.12. The summed E-state index contributed by atoms with van der Waals surface area (Å²) >= 11 is 12.4. The maximum Gasteiger partial charge on any atom is 0.148 e. The first-order valence-corrected chi connectivity index (χ1v) is 7.35. The number of hydrogen-bond acceptors (Lipinski definition) is 5. The van der Waals surface area contributed by atoms with Gasteiger partial charge in [0.25, 0.3) is 0 Å². The number of rotatable bonds is 5. The third kappa shape index (κ3) is 3.56. The van der Waals surface area contributed by atoms with E-state index in [0.717, 1.165) is 24.0 Å². The molecule has 0 atom stereocenters. The zero-order valence-electron chi connectivity index (χ0n) is 11.9. The van der Waals surface area contributed by atoms with Crippen molar-refractivity contribution >= 4 is 40.5 Å². The van der Waals surface area contributed by atoms with E-state index in [9.17, 15) is 0 Å². The van der Waals surface area contributed by atoms with Crippen LogP contribution in [0.4, 0.5) is 17.3 Å². The molecule has 0 aliphatic carbocycles. The lowest BCUT2D eigenvalue weighted by Crippen LogP contribution is -2.13. The van der Waals surface area contributed by atoms with Gasteiger partial charge in [0.05, 0.1) is 10.7 Å². The van der Waals surface area contributed by atoms with Gasteiger partial charge in [-0.2, -0.15) is 0 Å². The highest BCUT2D eigenvalue weighted by atomic mass is 35.5. The molecule has 5 nitrogen and oxygen atoms in total. The van der Waals surface area contributed by atoms with Crippen LogP contribution in [0.25, 0.3) is 0 Å². The minimum Gasteiger partial charge on any atom is -0.339 e. The number of nitrogen functional groups attached to an aromatic ring is 1. The van der Waals surface area contributed by atoms with E-state index < -0.39 is 0 Å². The van der Waals surface area contributed by atoms with Gasteiger partial charge in [-0.15, -0.1) is 0 Å². The molecule has 1 heterocycles. The van der Waals surface area contributed by atoms with Gasteiger partial charge in [0.1, 0.15) is 18.0 Å². The number of hydrogen-bond donors (Lipinski definition) is 3. The summed E-state index contributed by atoms with van der Waals surface area (Å²) in [6.45, 7) is 3.98. The van der Waals surface area contributed by atoms with Gasteiger partial charge < -0.3 is 10.7 Å². The van der Waals surface area contributed by atoms with Crippen LogP contribution in [0.1, 0.15) is 24.5 Å². The summed E-state index contributed by atoms with van der Waals surface area (Å²) in [4.78, 5) is 8.40. The number of halogens is 2. The molecule has 0 saturated carbocycles. The zero-order chi connectivity index (χ0) is 15.4. The van der Waals surface area contributed by atoms with Gasteiger partial charge in [0.15, 0.2) is 0 Å². The number of nitrogens with zero attached hydrogens (tertiary/aromatic N) is 2. The molecule has 1 aromatic heterocycles. The average Bonchev–Trinajstić information content (AvgIpc) is 2.46. The van der Waals surface area contributed by atoms with Gasteiger partial charge in [0.2, 0.25) is 0 Å². The summed E-state index contributed by atoms with van der Waals surface area (Å²) in [6, 6.07) is 3.60. The summed E-state index contributed by atoms with van der Waals surface area (Å²) in [6.07, 6.45) is 3.18. The minimum atomic E-state index is 0.584. The van der Waals surface area contributed by atoms with Crippen molar-refractivity contribution in [3.05, 3.63) is 39.6 Å². The van der Waals surface area contributed by atoms with Crippen LogP contribution in [0.15, 0.2) is 18.5 Å². The Hall–Kier alpha value is -1.56. The minimum absolute atomic E-state index is 0.584. The van der Waals surface area contributed by atoms with Crippen molar-refractivity contribution in [2.45, 2.75) is 26.7 Å². The lowest BCUT2D eigenvalue weighted by atomic mass is 10.1. The molecule has 0 fully saturated rings. The maximum absolute atomic E-state index is 6.25. The van der Waals surface area contributed by atoms with Gasteiger partial charge in [-0.3, -0.25) is 0 Å². The van der Waals surface area contributed by atoms with Crippen molar-refractivity contribution in [2.24, 2.45) is 5.84 Å². The van der Waals surface area contributed by atoms with E-state index in [1.807, 2.05) is 13.0 Å². The second-order valence-electron chi connectivity index (χ2n) is 4.65. The van der Waals surface area contributed by atoms with Gasteiger partial charge >= 0.3 is 0 Å². The molecule has 21 heavy (non-hydrogen) atoms. The van der Waals surface area contributed by atoms with Crippen LogP contribution >= 0.6 is 23.2 Å². The lowest BCUT2D eigenvalue weighted by Gasteiger charge is -2.15. The molecule has 2 rings (SSSR count). The second-order valence-corrected chi connectivity index (χ2v) is 5.46. The molecule has 0 bridgehead atoms. The highest BCUT2D eigenvalue weighted by molar-refractivity contribution is 6.35. The Labute approximate surface area is 133 Å². The standard InChI is InChI=1S/C14H17Cl2N5/c1-3-4-9-13(18-7-19-14(9)21-17)20-12-6-10(15)8(2)5-11(12)16/h5-7H,3-4,17H2,1-2H3,(H2,18,19,20,21). The molecular weight excluding hydrogens is 309 g/mol. The third-order valence-corrected chi connectivity index (χ3v) is 3.80. The third-order valence-electron chi connectivity index (χ3n) is 3.08. The first kappa shape index (κ1) is 15.8. The van der Waals surface area contributed by atoms with Crippen molar-refractivity contribution in [2.75, 3.05) is 10.7 Å². The molecule has 0 saturated heterocycles. The molecule has 0 unspecified atom stereocenters. The number of hydrazine groups is 1. The first-order chi connectivity index (χ1) is 10.1. The van der Waals surface area contributed by atoms with E-state index >= 15 is 0 Å². The molecule has 0 aliphatic heterocycles. The zero-order valence-corrected chi connectivity index (χ0v) is 13.4.